The Morgan fingerprint density at radius 3 is 2.27 bits per heavy atom. The molecule has 0 aliphatic rings. The number of nitrogens with one attached hydrogen (secondary N) is 1. The van der Waals surface area contributed by atoms with Gasteiger partial charge in [-0.05, 0) is 56.2 Å². The maximum Gasteiger partial charge on any atom is 0.264 e. The molecule has 3 aromatic carbocycles. The Kier molecular flexibility index (Phi) is 10.8. The highest BCUT2D eigenvalue weighted by atomic mass is 35.5. The zero-order valence-electron chi connectivity index (χ0n) is 23.7. The lowest BCUT2D eigenvalue weighted by atomic mass is 10.1. The van der Waals surface area contributed by atoms with Crippen LogP contribution in [0.15, 0.2) is 71.6 Å². The van der Waals surface area contributed by atoms with Gasteiger partial charge in [-0.3, -0.25) is 13.9 Å². The highest BCUT2D eigenvalue weighted by molar-refractivity contribution is 7.92. The van der Waals surface area contributed by atoms with Gasteiger partial charge < -0.3 is 15.0 Å². The van der Waals surface area contributed by atoms with E-state index in [1.165, 1.54) is 67.5 Å². The molecule has 0 aliphatic carbocycles. The molecule has 0 fully saturated rings. The van der Waals surface area contributed by atoms with Gasteiger partial charge in [0.15, 0.2) is 0 Å². The van der Waals surface area contributed by atoms with Gasteiger partial charge in [0.2, 0.25) is 11.8 Å². The van der Waals surface area contributed by atoms with E-state index in [1.807, 2.05) is 20.8 Å². The highest BCUT2D eigenvalue weighted by Gasteiger charge is 2.33. The molecule has 0 radical (unpaired) electrons. The summed E-state index contributed by atoms with van der Waals surface area (Å²) in [4.78, 5) is 28.1. The number of hydrogen-bond donors (Lipinski definition) is 1. The summed E-state index contributed by atoms with van der Waals surface area (Å²) < 4.78 is 48.6. The van der Waals surface area contributed by atoms with E-state index in [-0.39, 0.29) is 33.6 Å². The molecule has 3 aromatic rings. The summed E-state index contributed by atoms with van der Waals surface area (Å²) in [6.45, 7) is 6.68. The predicted molar refractivity (Wildman–Crippen MR) is 158 cm³/mol. The average Bonchev–Trinajstić information content (AvgIpc) is 2.93. The Labute approximate surface area is 246 Å². The first kappa shape index (κ1) is 31.9. The number of hydrogen-bond acceptors (Lipinski definition) is 5. The molecule has 1 unspecified atom stereocenters. The van der Waals surface area contributed by atoms with Crippen molar-refractivity contribution in [2.45, 2.75) is 45.2 Å². The molecule has 0 saturated carbocycles. The summed E-state index contributed by atoms with van der Waals surface area (Å²) in [5.74, 6) is -1.21. The van der Waals surface area contributed by atoms with Gasteiger partial charge in [0.05, 0.1) is 22.7 Å². The van der Waals surface area contributed by atoms with Crippen LogP contribution in [0.5, 0.6) is 5.75 Å². The second-order valence-electron chi connectivity index (χ2n) is 10.1. The van der Waals surface area contributed by atoms with E-state index in [0.717, 1.165) is 9.87 Å². The molecule has 220 valence electrons. The molecule has 3 rings (SSSR count). The quantitative estimate of drug-likeness (QED) is 0.308. The molecule has 8 nitrogen and oxygen atoms in total. The van der Waals surface area contributed by atoms with Gasteiger partial charge in [0.25, 0.3) is 10.0 Å². The maximum atomic E-state index is 14.6. The minimum Gasteiger partial charge on any atom is -0.495 e. The van der Waals surface area contributed by atoms with Crippen LogP contribution in [0.2, 0.25) is 5.02 Å². The number of carbonyl (C=O) groups is 2. The summed E-state index contributed by atoms with van der Waals surface area (Å²) in [6.07, 6.45) is 0. The van der Waals surface area contributed by atoms with Gasteiger partial charge >= 0.3 is 0 Å². The van der Waals surface area contributed by atoms with Crippen LogP contribution in [0.3, 0.4) is 0 Å². The summed E-state index contributed by atoms with van der Waals surface area (Å²) >= 11 is 6.33. The molecule has 11 heteroatoms. The summed E-state index contributed by atoms with van der Waals surface area (Å²) in [6, 6.07) is 15.5. The Bertz CT molecular complexity index is 1480. The zero-order chi connectivity index (χ0) is 30.3. The number of carbonyl (C=O) groups excluding carboxylic acids is 2. The van der Waals surface area contributed by atoms with Crippen LogP contribution in [0, 0.1) is 18.7 Å². The first-order valence-electron chi connectivity index (χ1n) is 13.1. The molecular weight excluding hydrogens is 569 g/mol. The van der Waals surface area contributed by atoms with Gasteiger partial charge in [-0.25, -0.2) is 12.8 Å². The second-order valence-corrected chi connectivity index (χ2v) is 12.3. The van der Waals surface area contributed by atoms with Crippen molar-refractivity contribution in [3.05, 3.63) is 88.7 Å². The lowest BCUT2D eigenvalue weighted by Crippen LogP contribution is -2.51. The topological polar surface area (TPSA) is 96.0 Å². The molecule has 41 heavy (non-hydrogen) atoms. The van der Waals surface area contributed by atoms with Crippen LogP contribution in [0.1, 0.15) is 31.9 Å². The molecule has 1 atom stereocenters. The number of methoxy groups -OCH3 is 1. The number of benzene rings is 3. The molecule has 0 spiro atoms. The fourth-order valence-electron chi connectivity index (χ4n) is 4.02. The van der Waals surface area contributed by atoms with Crippen molar-refractivity contribution in [2.75, 3.05) is 24.5 Å². The second kappa shape index (κ2) is 13.8. The third kappa shape index (κ3) is 7.98. The maximum absolute atomic E-state index is 14.6. The average molecular weight is 604 g/mol. The number of halogens is 2. The van der Waals surface area contributed by atoms with Crippen LogP contribution in [0.4, 0.5) is 10.1 Å². The number of nitrogens with zero attached hydrogens (tertiary/aromatic N) is 2. The Morgan fingerprint density at radius 1 is 1.02 bits per heavy atom. The number of ether oxygens (including phenoxy) is 1. The van der Waals surface area contributed by atoms with Gasteiger partial charge in [-0.2, -0.15) is 0 Å². The lowest BCUT2D eigenvalue weighted by Gasteiger charge is -2.32. The largest absolute Gasteiger partial charge is 0.495 e. The van der Waals surface area contributed by atoms with E-state index in [4.69, 9.17) is 16.3 Å². The summed E-state index contributed by atoms with van der Waals surface area (Å²) in [5, 5.41) is 2.94. The summed E-state index contributed by atoms with van der Waals surface area (Å²) in [5.41, 5.74) is 1.16. The van der Waals surface area contributed by atoms with Gasteiger partial charge in [-0.1, -0.05) is 61.3 Å². The van der Waals surface area contributed by atoms with E-state index in [9.17, 15) is 22.4 Å². The molecular formula is C30H35ClFN3O5S. The van der Waals surface area contributed by atoms with Crippen LogP contribution >= 0.6 is 11.6 Å². The van der Waals surface area contributed by atoms with Crippen molar-refractivity contribution in [3.8, 4) is 5.75 Å². The van der Waals surface area contributed by atoms with Crippen LogP contribution in [-0.4, -0.2) is 51.4 Å². The number of anilines is 1. The smallest absolute Gasteiger partial charge is 0.264 e. The van der Waals surface area contributed by atoms with Crippen molar-refractivity contribution in [2.24, 2.45) is 5.92 Å². The molecule has 2 amide bonds. The number of sulfonamides is 1. The van der Waals surface area contributed by atoms with Crippen molar-refractivity contribution in [3.63, 3.8) is 0 Å². The molecule has 0 aromatic heterocycles. The van der Waals surface area contributed by atoms with Gasteiger partial charge in [-0.15, -0.1) is 0 Å². The standard InChI is InChI=1S/C30H35ClFN3O5S/c1-20(2)17-33-30(37)22(4)34(18-23-8-6-7-9-27(23)32)29(36)19-35(24-12-15-28(40-5)26(31)16-24)41(38,39)25-13-10-21(3)11-14-25/h6-16,20,22H,17-19H2,1-5H3,(H,33,37). The Morgan fingerprint density at radius 2 is 1.68 bits per heavy atom. The monoisotopic (exact) mass is 603 g/mol. The fraction of sp³-hybridized carbons (Fsp3) is 0.333. The van der Waals surface area contributed by atoms with E-state index in [2.05, 4.69) is 5.32 Å². The number of aryl methyl sites for hydroxylation is 1. The molecule has 0 saturated heterocycles. The van der Waals surface area contributed by atoms with Crippen LogP contribution in [0.25, 0.3) is 0 Å². The molecule has 0 aliphatic heterocycles. The first-order chi connectivity index (χ1) is 19.3. The van der Waals surface area contributed by atoms with Gasteiger partial charge in [0.1, 0.15) is 24.2 Å². The van der Waals surface area contributed by atoms with Crippen molar-refractivity contribution < 1.29 is 27.1 Å². The predicted octanol–water partition coefficient (Wildman–Crippen LogP) is 5.18. The third-order valence-corrected chi connectivity index (χ3v) is 8.55. The number of rotatable bonds is 12. The van der Waals surface area contributed by atoms with Crippen molar-refractivity contribution in [1.29, 1.82) is 0 Å². The Balaban J connectivity index is 2.06. The fourth-order valence-corrected chi connectivity index (χ4v) is 5.68. The van der Waals surface area contributed by atoms with Crippen molar-refractivity contribution in [1.82, 2.24) is 10.2 Å². The normalized spacial score (nSPS) is 12.1. The minimum absolute atomic E-state index is 0.0359. The van der Waals surface area contributed by atoms with Gasteiger partial charge in [0, 0.05) is 18.7 Å². The van der Waals surface area contributed by atoms with Crippen molar-refractivity contribution >= 4 is 39.1 Å². The Hall–Kier alpha value is -3.63. The minimum atomic E-state index is -4.27. The molecule has 1 N–H and O–H groups in total. The zero-order valence-corrected chi connectivity index (χ0v) is 25.3. The first-order valence-corrected chi connectivity index (χ1v) is 14.9. The third-order valence-electron chi connectivity index (χ3n) is 6.46. The molecule has 0 bridgehead atoms. The summed E-state index contributed by atoms with van der Waals surface area (Å²) in [7, 11) is -2.84. The SMILES string of the molecule is COc1ccc(N(CC(=O)N(Cc2ccccc2F)C(C)C(=O)NCC(C)C)S(=O)(=O)c2ccc(C)cc2)cc1Cl. The number of amides is 2. The van der Waals surface area contributed by atoms with E-state index >= 15 is 0 Å². The van der Waals surface area contributed by atoms with E-state index in [1.54, 1.807) is 18.2 Å². The van der Waals surface area contributed by atoms with E-state index < -0.39 is 40.2 Å². The van der Waals surface area contributed by atoms with Crippen LogP contribution in [-0.2, 0) is 26.2 Å². The van der Waals surface area contributed by atoms with Crippen LogP contribution < -0.4 is 14.4 Å². The highest BCUT2D eigenvalue weighted by Crippen LogP contribution is 2.32. The molecule has 0 heterocycles. The lowest BCUT2D eigenvalue weighted by molar-refractivity contribution is -0.139. The van der Waals surface area contributed by atoms with E-state index in [0.29, 0.717) is 12.3 Å².